The van der Waals surface area contributed by atoms with Gasteiger partial charge in [0.25, 0.3) is 0 Å². The smallest absolute Gasteiger partial charge is 0.222 e. The fourth-order valence-electron chi connectivity index (χ4n) is 5.97. The number of Topliss-reactive ketones (excluding diaryl/α,β-unsaturated/α-hetero) is 1. The van der Waals surface area contributed by atoms with Gasteiger partial charge in [-0.25, -0.2) is 0 Å². The molecule has 4 heterocycles. The van der Waals surface area contributed by atoms with Crippen LogP contribution in [0.4, 0.5) is 0 Å². The molecule has 3 heteroatoms. The summed E-state index contributed by atoms with van der Waals surface area (Å²) >= 11 is 0. The van der Waals surface area contributed by atoms with E-state index in [2.05, 4.69) is 13.8 Å². The molecule has 5 rings (SSSR count). The Bertz CT molecular complexity index is 369. The van der Waals surface area contributed by atoms with Crippen LogP contribution in [-0.2, 0) is 4.79 Å². The third-order valence-corrected chi connectivity index (χ3v) is 6.57. The molecule has 0 aromatic rings. The van der Waals surface area contributed by atoms with Gasteiger partial charge < -0.3 is 0 Å². The number of carbonyl (C=O) groups excluding carboxylic acids is 1. The Balaban J connectivity index is 1.77. The van der Waals surface area contributed by atoms with Gasteiger partial charge in [0.15, 0.2) is 5.78 Å². The van der Waals surface area contributed by atoms with Crippen LogP contribution in [0.2, 0.25) is 0 Å². The summed E-state index contributed by atoms with van der Waals surface area (Å²) in [5.74, 6) is 0.577. The van der Waals surface area contributed by atoms with E-state index in [9.17, 15) is 4.79 Å². The summed E-state index contributed by atoms with van der Waals surface area (Å²) in [6.45, 7) is 8.94. The number of carbonyl (C=O) groups is 1. The summed E-state index contributed by atoms with van der Waals surface area (Å²) in [4.78, 5) is 16.2. The first-order chi connectivity index (χ1) is 8.49. The summed E-state index contributed by atoms with van der Waals surface area (Å²) in [6, 6.07) is 0. The quantitative estimate of drug-likeness (QED) is 0.569. The third kappa shape index (κ3) is 1.16. The molecule has 4 saturated heterocycles. The average Bonchev–Trinajstić information content (AvgIpc) is 2.32. The molecule has 0 unspecified atom stereocenters. The van der Waals surface area contributed by atoms with E-state index in [-0.39, 0.29) is 10.8 Å². The first-order valence-electron chi connectivity index (χ1n) is 7.74. The fourth-order valence-corrected chi connectivity index (χ4v) is 5.97. The van der Waals surface area contributed by atoms with Gasteiger partial charge in [-0.3, -0.25) is 14.6 Å². The summed E-state index contributed by atoms with van der Waals surface area (Å²) in [6.07, 6.45) is 7.05. The Morgan fingerprint density at radius 3 is 1.72 bits per heavy atom. The molecule has 0 atom stereocenters. The van der Waals surface area contributed by atoms with Crippen LogP contribution in [-0.4, -0.2) is 37.6 Å². The van der Waals surface area contributed by atoms with Gasteiger partial charge in [-0.15, -0.1) is 0 Å². The number of quaternary nitrogens is 2. The molecule has 1 spiro atoms. The van der Waals surface area contributed by atoms with Crippen LogP contribution in [0.15, 0.2) is 0 Å². The Kier molecular flexibility index (Phi) is 2.02. The largest absolute Gasteiger partial charge is 0.297 e. The van der Waals surface area contributed by atoms with Crippen LogP contribution in [0.25, 0.3) is 0 Å². The Morgan fingerprint density at radius 2 is 1.28 bits per heavy atom. The molecule has 1 aliphatic carbocycles. The zero-order valence-corrected chi connectivity index (χ0v) is 11.8. The average molecular weight is 250 g/mol. The number of nitrogens with one attached hydrogen (secondary N) is 2. The van der Waals surface area contributed by atoms with Crippen molar-refractivity contribution in [2.24, 2.45) is 10.8 Å². The second-order valence-electron chi connectivity index (χ2n) is 8.01. The lowest BCUT2D eigenvalue weighted by atomic mass is 9.59. The highest BCUT2D eigenvalue weighted by atomic mass is 16.1. The van der Waals surface area contributed by atoms with E-state index in [1.54, 1.807) is 9.80 Å². The zero-order valence-electron chi connectivity index (χ0n) is 11.8. The maximum absolute atomic E-state index is 12.7. The van der Waals surface area contributed by atoms with Crippen molar-refractivity contribution < 1.29 is 14.6 Å². The number of piperidine rings is 2. The summed E-state index contributed by atoms with van der Waals surface area (Å²) in [7, 11) is 0. The van der Waals surface area contributed by atoms with Crippen LogP contribution < -0.4 is 9.80 Å². The molecule has 0 aromatic carbocycles. The Morgan fingerprint density at radius 1 is 0.833 bits per heavy atom. The zero-order chi connectivity index (χ0) is 12.6. The normalized spacial score (nSPS) is 53.1. The van der Waals surface area contributed by atoms with Gasteiger partial charge in [0, 0.05) is 0 Å². The maximum Gasteiger partial charge on any atom is 0.222 e. The van der Waals surface area contributed by atoms with Crippen molar-refractivity contribution in [3.63, 3.8) is 0 Å². The van der Waals surface area contributed by atoms with E-state index in [0.29, 0.717) is 11.4 Å². The van der Waals surface area contributed by atoms with Crippen molar-refractivity contribution >= 4 is 5.78 Å². The van der Waals surface area contributed by atoms with Crippen molar-refractivity contribution in [2.45, 2.75) is 51.6 Å². The third-order valence-electron chi connectivity index (χ3n) is 6.57. The first kappa shape index (κ1) is 11.4. The van der Waals surface area contributed by atoms with Gasteiger partial charge in [-0.05, 0) is 26.7 Å². The molecule has 5 fully saturated rings. The molecule has 100 valence electrons. The maximum atomic E-state index is 12.7. The van der Waals surface area contributed by atoms with Crippen molar-refractivity contribution in [1.82, 2.24) is 0 Å². The van der Waals surface area contributed by atoms with E-state index in [0.717, 1.165) is 26.2 Å². The summed E-state index contributed by atoms with van der Waals surface area (Å²) in [5.41, 5.74) is 0.467. The molecular weight excluding hydrogens is 224 g/mol. The van der Waals surface area contributed by atoms with E-state index in [4.69, 9.17) is 0 Å². The van der Waals surface area contributed by atoms with Crippen LogP contribution in [0.5, 0.6) is 0 Å². The summed E-state index contributed by atoms with van der Waals surface area (Å²) < 4.78 is 0. The number of hydrogen-bond acceptors (Lipinski definition) is 1. The minimum Gasteiger partial charge on any atom is -0.297 e. The molecule has 0 aromatic heterocycles. The van der Waals surface area contributed by atoms with Gasteiger partial charge in [0.05, 0.1) is 39.0 Å². The molecule has 2 N–H and O–H groups in total. The van der Waals surface area contributed by atoms with Gasteiger partial charge in [0.2, 0.25) is 5.66 Å². The minimum atomic E-state index is -0.0153. The molecule has 4 aliphatic heterocycles. The fraction of sp³-hybridized carbons (Fsp3) is 0.933. The van der Waals surface area contributed by atoms with Crippen LogP contribution in [0.3, 0.4) is 0 Å². The molecule has 18 heavy (non-hydrogen) atoms. The van der Waals surface area contributed by atoms with Crippen molar-refractivity contribution in [3.8, 4) is 0 Å². The van der Waals surface area contributed by atoms with Crippen molar-refractivity contribution in [1.29, 1.82) is 0 Å². The van der Waals surface area contributed by atoms with Crippen LogP contribution in [0, 0.1) is 10.8 Å². The van der Waals surface area contributed by atoms with Crippen LogP contribution in [0.1, 0.15) is 46.0 Å². The highest BCUT2D eigenvalue weighted by molar-refractivity contribution is 5.91. The monoisotopic (exact) mass is 250 g/mol. The van der Waals surface area contributed by atoms with Gasteiger partial charge >= 0.3 is 0 Å². The second-order valence-corrected chi connectivity index (χ2v) is 8.01. The standard InChI is InChI=1S/C15H24N2O/c1-13-8-16-10-14(2,12(13)18)11-17(9-13)15(16)6-4-3-5-7-15/h3-11H2,1-2H3/p+2. The molecule has 0 radical (unpaired) electrons. The predicted molar refractivity (Wildman–Crippen MR) is 68.4 cm³/mol. The van der Waals surface area contributed by atoms with E-state index in [1.165, 1.54) is 32.1 Å². The van der Waals surface area contributed by atoms with E-state index < -0.39 is 0 Å². The predicted octanol–water partition coefficient (Wildman–Crippen LogP) is -0.961. The molecule has 3 nitrogen and oxygen atoms in total. The number of rotatable bonds is 0. The van der Waals surface area contributed by atoms with E-state index >= 15 is 0 Å². The summed E-state index contributed by atoms with van der Waals surface area (Å²) in [5, 5.41) is 0. The lowest BCUT2D eigenvalue weighted by Gasteiger charge is -2.64. The molecule has 5 aliphatic rings. The Labute approximate surface area is 110 Å². The molecule has 0 amide bonds. The lowest BCUT2D eigenvalue weighted by Crippen LogP contribution is -3.49. The van der Waals surface area contributed by atoms with Gasteiger partial charge in [-0.1, -0.05) is 6.42 Å². The van der Waals surface area contributed by atoms with Gasteiger partial charge in [0.1, 0.15) is 10.8 Å². The van der Waals surface area contributed by atoms with Crippen LogP contribution >= 0.6 is 0 Å². The number of hydrogen-bond donors (Lipinski definition) is 2. The highest BCUT2D eigenvalue weighted by Gasteiger charge is 2.72. The van der Waals surface area contributed by atoms with Crippen molar-refractivity contribution in [2.75, 3.05) is 26.2 Å². The SMILES string of the molecule is CC12C[NH+]3CC(C)(C[NH+](C1)C31CCCCC1)C2=O. The molecular formula is C15H26N2O+2. The number of ketones is 1. The lowest BCUT2D eigenvalue weighted by molar-refractivity contribution is -1.20. The van der Waals surface area contributed by atoms with Crippen molar-refractivity contribution in [3.05, 3.63) is 0 Å². The first-order valence-corrected chi connectivity index (χ1v) is 7.74. The minimum absolute atomic E-state index is 0.0153. The topological polar surface area (TPSA) is 26.0 Å². The van der Waals surface area contributed by atoms with E-state index in [1.807, 2.05) is 0 Å². The molecule has 1 saturated carbocycles. The molecule has 4 bridgehead atoms. The van der Waals surface area contributed by atoms with Gasteiger partial charge in [-0.2, -0.15) is 0 Å². The second kappa shape index (κ2) is 3.18. The highest BCUT2D eigenvalue weighted by Crippen LogP contribution is 2.38. The Hall–Kier alpha value is -0.410.